The van der Waals surface area contributed by atoms with Crippen LogP contribution in [0.3, 0.4) is 0 Å². The molecule has 1 fully saturated rings. The molecule has 3 N–H and O–H groups in total. The lowest BCUT2D eigenvalue weighted by Crippen LogP contribution is -2.36. The van der Waals surface area contributed by atoms with E-state index in [0.717, 1.165) is 25.9 Å². The molecule has 0 aromatic heterocycles. The summed E-state index contributed by atoms with van der Waals surface area (Å²) >= 11 is 5.96. The van der Waals surface area contributed by atoms with Gasteiger partial charge in [0.15, 0.2) is 0 Å². The topological polar surface area (TPSA) is 75.4 Å². The summed E-state index contributed by atoms with van der Waals surface area (Å²) in [6.45, 7) is 2.74. The fourth-order valence-electron chi connectivity index (χ4n) is 2.45. The summed E-state index contributed by atoms with van der Waals surface area (Å²) in [6.07, 6.45) is 2.04. The van der Waals surface area contributed by atoms with Gasteiger partial charge in [0.25, 0.3) is 0 Å². The minimum absolute atomic E-state index is 0.219. The molecule has 0 atom stereocenters. The molecule has 5 nitrogen and oxygen atoms in total. The highest BCUT2D eigenvalue weighted by atomic mass is 35.5. The van der Waals surface area contributed by atoms with Gasteiger partial charge in [-0.2, -0.15) is 0 Å². The zero-order valence-electron chi connectivity index (χ0n) is 12.2. The Morgan fingerprint density at radius 1 is 1.38 bits per heavy atom. The first-order chi connectivity index (χ1) is 9.92. The molecule has 1 heterocycles. The maximum absolute atomic E-state index is 12.3. The van der Waals surface area contributed by atoms with E-state index < -0.39 is 10.0 Å². The highest BCUT2D eigenvalue weighted by molar-refractivity contribution is 7.89. The normalized spacial score (nSPS) is 18.0. The second-order valence-corrected chi connectivity index (χ2v) is 7.73. The number of nitrogens with two attached hydrogens (primary N) is 1. The quantitative estimate of drug-likeness (QED) is 0.855. The van der Waals surface area contributed by atoms with Gasteiger partial charge in [-0.3, -0.25) is 0 Å². The molecule has 0 bridgehead atoms. The van der Waals surface area contributed by atoms with Gasteiger partial charge in [-0.15, -0.1) is 0 Å². The molecule has 0 radical (unpaired) electrons. The number of rotatable bonds is 5. The van der Waals surface area contributed by atoms with Crippen LogP contribution in [0, 0.1) is 5.92 Å². The van der Waals surface area contributed by atoms with Crippen LogP contribution >= 0.6 is 11.6 Å². The Morgan fingerprint density at radius 3 is 2.67 bits per heavy atom. The minimum Gasteiger partial charge on any atom is -0.326 e. The molecule has 0 saturated carbocycles. The smallest absolute Gasteiger partial charge is 0.240 e. The Morgan fingerprint density at radius 2 is 2.05 bits per heavy atom. The van der Waals surface area contributed by atoms with Gasteiger partial charge in [0.2, 0.25) is 10.0 Å². The van der Waals surface area contributed by atoms with Gasteiger partial charge >= 0.3 is 0 Å². The Labute approximate surface area is 131 Å². The first kappa shape index (κ1) is 16.7. The van der Waals surface area contributed by atoms with E-state index in [1.165, 1.54) is 6.07 Å². The summed E-state index contributed by atoms with van der Waals surface area (Å²) in [5.74, 6) is 0.400. The van der Waals surface area contributed by atoms with Gasteiger partial charge in [-0.05, 0) is 62.7 Å². The lowest BCUT2D eigenvalue weighted by atomic mass is 9.98. The number of hydrogen-bond donors (Lipinski definition) is 2. The van der Waals surface area contributed by atoms with Crippen LogP contribution in [0.2, 0.25) is 5.02 Å². The monoisotopic (exact) mass is 331 g/mol. The Kier molecular flexibility index (Phi) is 5.62. The number of nitrogens with one attached hydrogen (secondary N) is 1. The summed E-state index contributed by atoms with van der Waals surface area (Å²) in [6, 6.07) is 4.63. The molecule has 118 valence electrons. The van der Waals surface area contributed by atoms with E-state index in [2.05, 4.69) is 16.7 Å². The number of sulfonamides is 1. The second-order valence-electron chi connectivity index (χ2n) is 5.56. The van der Waals surface area contributed by atoms with Crippen molar-refractivity contribution in [1.29, 1.82) is 0 Å². The molecule has 1 aromatic rings. The number of halogens is 1. The van der Waals surface area contributed by atoms with E-state index in [4.69, 9.17) is 17.3 Å². The Bertz CT molecular complexity index is 584. The van der Waals surface area contributed by atoms with E-state index in [1.807, 2.05) is 0 Å². The summed E-state index contributed by atoms with van der Waals surface area (Å²) in [4.78, 5) is 2.48. The molecule has 1 saturated heterocycles. The van der Waals surface area contributed by atoms with Crippen LogP contribution in [0.25, 0.3) is 0 Å². The van der Waals surface area contributed by atoms with Crippen molar-refractivity contribution < 1.29 is 8.42 Å². The van der Waals surface area contributed by atoms with Crippen LogP contribution in [0.1, 0.15) is 18.4 Å². The van der Waals surface area contributed by atoms with Crippen molar-refractivity contribution in [2.75, 3.05) is 26.7 Å². The van der Waals surface area contributed by atoms with E-state index in [9.17, 15) is 8.42 Å². The Hall–Kier alpha value is -0.660. The highest BCUT2D eigenvalue weighted by Crippen LogP contribution is 2.21. The molecule has 0 amide bonds. The molecule has 0 spiro atoms. The van der Waals surface area contributed by atoms with Gasteiger partial charge < -0.3 is 10.6 Å². The van der Waals surface area contributed by atoms with Crippen molar-refractivity contribution in [3.63, 3.8) is 0 Å². The first-order valence-corrected chi connectivity index (χ1v) is 8.95. The third kappa shape index (κ3) is 4.40. The first-order valence-electron chi connectivity index (χ1n) is 7.09. The average molecular weight is 332 g/mol. The van der Waals surface area contributed by atoms with E-state index in [0.29, 0.717) is 23.0 Å². The van der Waals surface area contributed by atoms with Crippen molar-refractivity contribution >= 4 is 21.6 Å². The average Bonchev–Trinajstić information content (AvgIpc) is 2.47. The van der Waals surface area contributed by atoms with Crippen LogP contribution in [0.15, 0.2) is 23.1 Å². The van der Waals surface area contributed by atoms with Crippen LogP contribution in [0.5, 0.6) is 0 Å². The summed E-state index contributed by atoms with van der Waals surface area (Å²) < 4.78 is 27.3. The fourth-order valence-corrected chi connectivity index (χ4v) is 3.81. The highest BCUT2D eigenvalue weighted by Gasteiger charge is 2.20. The van der Waals surface area contributed by atoms with Crippen LogP contribution < -0.4 is 10.5 Å². The SMILES string of the molecule is CN1CCC(CNS(=O)(=O)c2ccc(Cl)c(CN)c2)CC1. The lowest BCUT2D eigenvalue weighted by Gasteiger charge is -2.28. The van der Waals surface area contributed by atoms with Crippen molar-refractivity contribution in [3.8, 4) is 0 Å². The number of nitrogens with zero attached hydrogens (tertiary/aromatic N) is 1. The van der Waals surface area contributed by atoms with E-state index in [-0.39, 0.29) is 11.4 Å². The fraction of sp³-hybridized carbons (Fsp3) is 0.571. The molecule has 2 rings (SSSR count). The molecule has 0 unspecified atom stereocenters. The molecule has 1 aliphatic heterocycles. The summed E-state index contributed by atoms with van der Waals surface area (Å²) in [5, 5.41) is 0.492. The number of hydrogen-bond acceptors (Lipinski definition) is 4. The van der Waals surface area contributed by atoms with Crippen molar-refractivity contribution in [1.82, 2.24) is 9.62 Å². The molecule has 1 aliphatic rings. The summed E-state index contributed by atoms with van der Waals surface area (Å²) in [7, 11) is -1.41. The van der Waals surface area contributed by atoms with Crippen LogP contribution in [0.4, 0.5) is 0 Å². The molecule has 7 heteroatoms. The predicted molar refractivity (Wildman–Crippen MR) is 84.8 cm³/mol. The van der Waals surface area contributed by atoms with E-state index >= 15 is 0 Å². The Balaban J connectivity index is 2.01. The second kappa shape index (κ2) is 7.07. The molecule has 1 aromatic carbocycles. The zero-order valence-corrected chi connectivity index (χ0v) is 13.8. The van der Waals surface area contributed by atoms with Gasteiger partial charge in [-0.25, -0.2) is 13.1 Å². The number of likely N-dealkylation sites (tertiary alicyclic amines) is 1. The van der Waals surface area contributed by atoms with Crippen LogP contribution in [-0.4, -0.2) is 40.0 Å². The maximum Gasteiger partial charge on any atom is 0.240 e. The number of piperidine rings is 1. The molecular formula is C14H22ClN3O2S. The third-order valence-electron chi connectivity index (χ3n) is 3.95. The molecule has 21 heavy (non-hydrogen) atoms. The van der Waals surface area contributed by atoms with Gasteiger partial charge in [0, 0.05) is 18.1 Å². The largest absolute Gasteiger partial charge is 0.326 e. The molecule has 0 aliphatic carbocycles. The molecular weight excluding hydrogens is 310 g/mol. The van der Waals surface area contributed by atoms with Gasteiger partial charge in [0.05, 0.1) is 4.90 Å². The maximum atomic E-state index is 12.3. The van der Waals surface area contributed by atoms with Gasteiger partial charge in [0.1, 0.15) is 0 Å². The van der Waals surface area contributed by atoms with Gasteiger partial charge in [-0.1, -0.05) is 11.6 Å². The van der Waals surface area contributed by atoms with Crippen molar-refractivity contribution in [2.24, 2.45) is 11.7 Å². The lowest BCUT2D eigenvalue weighted by molar-refractivity contribution is 0.220. The van der Waals surface area contributed by atoms with Crippen molar-refractivity contribution in [2.45, 2.75) is 24.3 Å². The third-order valence-corrected chi connectivity index (χ3v) is 5.74. The standard InChI is InChI=1S/C14H22ClN3O2S/c1-18-6-4-11(5-7-18)10-17-21(19,20)13-2-3-14(15)12(8-13)9-16/h2-3,8,11,17H,4-7,9-10,16H2,1H3. The predicted octanol–water partition coefficient (Wildman–Crippen LogP) is 1.42. The number of benzene rings is 1. The van der Waals surface area contributed by atoms with E-state index in [1.54, 1.807) is 12.1 Å². The van der Waals surface area contributed by atoms with Crippen LogP contribution in [-0.2, 0) is 16.6 Å². The zero-order chi connectivity index (χ0) is 15.5. The minimum atomic E-state index is -3.50. The van der Waals surface area contributed by atoms with Crippen molar-refractivity contribution in [3.05, 3.63) is 28.8 Å². The summed E-state index contributed by atoms with van der Waals surface area (Å²) in [5.41, 5.74) is 6.20.